The van der Waals surface area contributed by atoms with Crippen molar-refractivity contribution in [3.05, 3.63) is 59.2 Å². The monoisotopic (exact) mass is 535 g/mol. The van der Waals surface area contributed by atoms with Crippen molar-refractivity contribution in [2.45, 2.75) is 59.2 Å². The van der Waals surface area contributed by atoms with Crippen LogP contribution in [-0.4, -0.2) is 59.0 Å². The highest BCUT2D eigenvalue weighted by molar-refractivity contribution is 5.88. The second-order valence-electron chi connectivity index (χ2n) is 10.7. The van der Waals surface area contributed by atoms with Crippen LogP contribution in [0.4, 0.5) is 20.5 Å². The Balaban J connectivity index is 1.39. The predicted molar refractivity (Wildman–Crippen MR) is 144 cm³/mol. The number of imidazole rings is 1. The first-order chi connectivity index (χ1) is 18.4. The number of carbonyl (C=O) groups excluding carboxylic acids is 1. The summed E-state index contributed by atoms with van der Waals surface area (Å²) in [4.78, 5) is 31.6. The highest BCUT2D eigenvalue weighted by Crippen LogP contribution is 2.30. The second-order valence-corrected chi connectivity index (χ2v) is 10.7. The molecule has 0 atom stereocenters. The minimum Gasteiger partial charge on any atom is -0.383 e. The molecule has 39 heavy (non-hydrogen) atoms. The molecule has 0 bridgehead atoms. The van der Waals surface area contributed by atoms with Crippen molar-refractivity contribution in [3.63, 3.8) is 0 Å². The Hall–Kier alpha value is -3.83. The lowest BCUT2D eigenvalue weighted by Gasteiger charge is -2.29. The number of fused-ring (bicyclic) bond motifs is 2. The third-order valence-electron chi connectivity index (χ3n) is 6.88. The summed E-state index contributed by atoms with van der Waals surface area (Å²) in [7, 11) is 0. The van der Waals surface area contributed by atoms with Gasteiger partial charge in [-0.3, -0.25) is 9.69 Å². The standard InChI is InChI=1S/C28H31F2N7O2/c1-15(2)37-16(3)32-26-19(29)10-18(11-22(26)37)25-20(30)12-31-27(35-25)34-24-7-6-17-13-36(9-8-21(17)33-24)14-23(38)28(4,5)39/h6-7,10-12,15,39H,8-9,13-14H2,1-5H3,(H,31,33,34,35). The molecule has 0 amide bonds. The number of carbonyl (C=O) groups is 1. The summed E-state index contributed by atoms with van der Waals surface area (Å²) in [5.74, 6) is -0.169. The number of rotatable bonds is 7. The quantitative estimate of drug-likeness (QED) is 0.356. The van der Waals surface area contributed by atoms with Gasteiger partial charge in [0.2, 0.25) is 5.95 Å². The fraction of sp³-hybridized carbons (Fsp3) is 0.393. The number of halogens is 2. The number of pyridine rings is 1. The van der Waals surface area contributed by atoms with Gasteiger partial charge in [-0.15, -0.1) is 0 Å². The molecule has 0 spiro atoms. The number of anilines is 2. The van der Waals surface area contributed by atoms with Crippen LogP contribution in [0.25, 0.3) is 22.3 Å². The molecule has 204 valence electrons. The number of hydrogen-bond donors (Lipinski definition) is 2. The number of ketones is 1. The van der Waals surface area contributed by atoms with Crippen molar-refractivity contribution in [3.8, 4) is 11.3 Å². The largest absolute Gasteiger partial charge is 0.383 e. The Morgan fingerprint density at radius 3 is 2.64 bits per heavy atom. The van der Waals surface area contributed by atoms with E-state index < -0.39 is 17.2 Å². The van der Waals surface area contributed by atoms with Crippen LogP contribution in [-0.2, 0) is 17.8 Å². The minimum atomic E-state index is -1.37. The van der Waals surface area contributed by atoms with Gasteiger partial charge in [0, 0.05) is 36.8 Å². The summed E-state index contributed by atoms with van der Waals surface area (Å²) in [6.45, 7) is 10.1. The van der Waals surface area contributed by atoms with Crippen LogP contribution < -0.4 is 5.32 Å². The molecule has 1 aromatic carbocycles. The number of aryl methyl sites for hydroxylation is 1. The Morgan fingerprint density at radius 2 is 1.92 bits per heavy atom. The van der Waals surface area contributed by atoms with Crippen LogP contribution in [0.1, 0.15) is 50.8 Å². The lowest BCUT2D eigenvalue weighted by atomic mass is 10.0. The van der Waals surface area contributed by atoms with Crippen LogP contribution in [0.5, 0.6) is 0 Å². The molecular weight excluding hydrogens is 504 g/mol. The minimum absolute atomic E-state index is 0.0347. The van der Waals surface area contributed by atoms with E-state index in [0.717, 1.165) is 17.5 Å². The van der Waals surface area contributed by atoms with E-state index in [1.165, 1.54) is 19.9 Å². The van der Waals surface area contributed by atoms with E-state index in [0.29, 0.717) is 36.7 Å². The predicted octanol–water partition coefficient (Wildman–Crippen LogP) is 4.50. The lowest BCUT2D eigenvalue weighted by molar-refractivity contribution is -0.135. The molecule has 3 aromatic heterocycles. The van der Waals surface area contributed by atoms with Gasteiger partial charge in [-0.05, 0) is 58.4 Å². The zero-order valence-corrected chi connectivity index (χ0v) is 22.6. The van der Waals surface area contributed by atoms with E-state index in [1.807, 2.05) is 36.3 Å². The van der Waals surface area contributed by atoms with Gasteiger partial charge in [0.05, 0.1) is 18.3 Å². The molecule has 0 aliphatic carbocycles. The van der Waals surface area contributed by atoms with E-state index in [-0.39, 0.29) is 41.1 Å². The van der Waals surface area contributed by atoms with Gasteiger partial charge >= 0.3 is 0 Å². The maximum Gasteiger partial charge on any atom is 0.229 e. The average molecular weight is 536 g/mol. The van der Waals surface area contributed by atoms with Crippen molar-refractivity contribution in [1.29, 1.82) is 0 Å². The number of aromatic nitrogens is 5. The molecular formula is C28H31F2N7O2. The van der Waals surface area contributed by atoms with Gasteiger partial charge in [-0.2, -0.15) is 0 Å². The lowest BCUT2D eigenvalue weighted by Crippen LogP contribution is -2.43. The number of Topliss-reactive ketones (excluding diaryl/α,β-unsaturated/α-hetero) is 1. The van der Waals surface area contributed by atoms with Crippen molar-refractivity contribution in [1.82, 2.24) is 29.4 Å². The second kappa shape index (κ2) is 10.0. The van der Waals surface area contributed by atoms with Gasteiger partial charge in [0.25, 0.3) is 0 Å². The van der Waals surface area contributed by atoms with Crippen LogP contribution in [0.3, 0.4) is 0 Å². The Morgan fingerprint density at radius 1 is 1.15 bits per heavy atom. The first-order valence-corrected chi connectivity index (χ1v) is 12.9. The van der Waals surface area contributed by atoms with E-state index in [2.05, 4.69) is 25.3 Å². The maximum atomic E-state index is 15.0. The van der Waals surface area contributed by atoms with E-state index in [9.17, 15) is 18.7 Å². The van der Waals surface area contributed by atoms with Gasteiger partial charge in [-0.1, -0.05) is 6.07 Å². The van der Waals surface area contributed by atoms with Crippen LogP contribution >= 0.6 is 0 Å². The average Bonchev–Trinajstić information content (AvgIpc) is 3.21. The molecule has 1 aliphatic rings. The summed E-state index contributed by atoms with van der Waals surface area (Å²) in [6, 6.07) is 6.65. The van der Waals surface area contributed by atoms with Gasteiger partial charge in [0.1, 0.15) is 28.5 Å². The van der Waals surface area contributed by atoms with Gasteiger partial charge in [0.15, 0.2) is 17.4 Å². The highest BCUT2D eigenvalue weighted by atomic mass is 19.1. The summed E-state index contributed by atoms with van der Waals surface area (Å²) in [6.07, 6.45) is 1.68. The van der Waals surface area contributed by atoms with Crippen LogP contribution in [0.2, 0.25) is 0 Å². The fourth-order valence-electron chi connectivity index (χ4n) is 4.88. The zero-order chi connectivity index (χ0) is 28.1. The number of hydrogen-bond acceptors (Lipinski definition) is 8. The normalized spacial score (nSPS) is 14.2. The molecule has 2 N–H and O–H groups in total. The first kappa shape index (κ1) is 26.8. The number of benzene rings is 1. The van der Waals surface area contributed by atoms with Crippen LogP contribution in [0, 0.1) is 18.6 Å². The zero-order valence-electron chi connectivity index (χ0n) is 22.6. The third-order valence-corrected chi connectivity index (χ3v) is 6.88. The Bertz CT molecular complexity index is 1580. The molecule has 0 fully saturated rings. The van der Waals surface area contributed by atoms with Crippen molar-refractivity contribution in [2.75, 3.05) is 18.4 Å². The molecule has 0 radical (unpaired) electrons. The molecule has 4 aromatic rings. The fourth-order valence-corrected chi connectivity index (χ4v) is 4.88. The van der Waals surface area contributed by atoms with Crippen molar-refractivity contribution in [2.24, 2.45) is 0 Å². The molecule has 11 heteroatoms. The highest BCUT2D eigenvalue weighted by Gasteiger charge is 2.28. The molecule has 1 aliphatic heterocycles. The summed E-state index contributed by atoms with van der Waals surface area (Å²) in [5.41, 5.74) is 1.54. The topological polar surface area (TPSA) is 109 Å². The SMILES string of the molecule is Cc1nc2c(F)cc(-c3nc(Nc4ccc5c(n4)CCN(CC(=O)C(C)(C)O)C5)ncc3F)cc2n1C(C)C. The molecule has 9 nitrogen and oxygen atoms in total. The van der Waals surface area contributed by atoms with E-state index in [4.69, 9.17) is 0 Å². The number of nitrogens with one attached hydrogen (secondary N) is 1. The number of nitrogens with zero attached hydrogens (tertiary/aromatic N) is 6. The molecule has 0 unspecified atom stereocenters. The third kappa shape index (κ3) is 5.37. The summed E-state index contributed by atoms with van der Waals surface area (Å²) >= 11 is 0. The Kier molecular flexibility index (Phi) is 6.90. The molecule has 5 rings (SSSR count). The van der Waals surface area contributed by atoms with Gasteiger partial charge in [-0.25, -0.2) is 28.7 Å². The smallest absolute Gasteiger partial charge is 0.229 e. The van der Waals surface area contributed by atoms with E-state index in [1.54, 1.807) is 12.1 Å². The van der Waals surface area contributed by atoms with Gasteiger partial charge < -0.3 is 15.0 Å². The van der Waals surface area contributed by atoms with Crippen molar-refractivity contribution >= 4 is 28.6 Å². The Labute approximate surface area is 224 Å². The molecule has 0 saturated carbocycles. The van der Waals surface area contributed by atoms with Crippen LogP contribution in [0.15, 0.2) is 30.5 Å². The molecule has 0 saturated heterocycles. The van der Waals surface area contributed by atoms with Crippen molar-refractivity contribution < 1.29 is 18.7 Å². The summed E-state index contributed by atoms with van der Waals surface area (Å²) in [5, 5.41) is 13.0. The number of aliphatic hydroxyl groups is 1. The summed E-state index contributed by atoms with van der Waals surface area (Å²) < 4.78 is 31.7. The maximum absolute atomic E-state index is 15.0. The first-order valence-electron chi connectivity index (χ1n) is 12.9. The molecule has 4 heterocycles. The van der Waals surface area contributed by atoms with E-state index >= 15 is 0 Å².